The van der Waals surface area contributed by atoms with Gasteiger partial charge in [0.25, 0.3) is 5.91 Å². The number of nitrogens with one attached hydrogen (secondary N) is 1. The number of hydrogen-bond acceptors (Lipinski definition) is 8. The summed E-state index contributed by atoms with van der Waals surface area (Å²) in [6, 6.07) is 1.59. The van der Waals surface area contributed by atoms with E-state index in [1.165, 1.54) is 0 Å². The number of amides is 1. The summed E-state index contributed by atoms with van der Waals surface area (Å²) in [6.07, 6.45) is 2.65. The normalized spacial score (nSPS) is 24.4. The fourth-order valence-electron chi connectivity index (χ4n) is 6.37. The highest BCUT2D eigenvalue weighted by molar-refractivity contribution is 6.23. The van der Waals surface area contributed by atoms with Gasteiger partial charge in [0, 0.05) is 29.2 Å². The third-order valence-corrected chi connectivity index (χ3v) is 8.07. The number of benzene rings is 1. The molecule has 4 rings (SSSR count). The van der Waals surface area contributed by atoms with Crippen LogP contribution in [0.15, 0.2) is 28.7 Å². The average Bonchev–Trinajstić information content (AvgIpc) is 2.80. The SMILES string of the molecule is CCCC(c1cc(O)c2c(c1OC)CC1CC3CC(O)=C(C(N)=O)C(=N)C3C(O)=C1C2=O)N(C)CC. The number of rotatable bonds is 7. The van der Waals surface area contributed by atoms with Crippen molar-refractivity contribution in [1.29, 1.82) is 5.41 Å². The minimum Gasteiger partial charge on any atom is -0.511 e. The van der Waals surface area contributed by atoms with E-state index in [4.69, 9.17) is 15.9 Å². The number of carbonyl (C=O) groups is 2. The fraction of sp³-hybridized carbons (Fsp3) is 0.519. The standard InChI is InChI=1S/C27H35N3O6/c1-5-7-16(30(3)6-2)14-11-18(32)21-15(26(14)36-4)9-12-8-13-10-17(31)22(27(29)35)23(28)19(13)24(33)20(12)25(21)34/h11-13,16,19,28,31-33H,5-10H2,1-4H3,(H2,29,35). The van der Waals surface area contributed by atoms with Crippen molar-refractivity contribution >= 4 is 17.4 Å². The number of nitrogens with zero attached hydrogens (tertiary/aromatic N) is 1. The van der Waals surface area contributed by atoms with Gasteiger partial charge in [0.15, 0.2) is 5.78 Å². The van der Waals surface area contributed by atoms with Gasteiger partial charge in [0.05, 0.1) is 29.9 Å². The van der Waals surface area contributed by atoms with E-state index >= 15 is 0 Å². The number of aromatic hydroxyl groups is 1. The van der Waals surface area contributed by atoms with Crippen molar-refractivity contribution in [2.45, 2.75) is 52.0 Å². The Hall–Kier alpha value is -3.33. The number of hydrogen-bond donors (Lipinski definition) is 5. The number of fused-ring (bicyclic) bond motifs is 3. The van der Waals surface area contributed by atoms with Crippen LogP contribution in [0.5, 0.6) is 11.5 Å². The Morgan fingerprint density at radius 3 is 2.56 bits per heavy atom. The minimum atomic E-state index is -0.940. The summed E-state index contributed by atoms with van der Waals surface area (Å²) >= 11 is 0. The Bertz CT molecular complexity index is 1200. The number of aliphatic hydroxyl groups excluding tert-OH is 2. The van der Waals surface area contributed by atoms with E-state index in [9.17, 15) is 24.9 Å². The Labute approximate surface area is 210 Å². The number of ketones is 1. The number of aliphatic hydroxyl groups is 2. The highest BCUT2D eigenvalue weighted by Gasteiger charge is 2.49. The van der Waals surface area contributed by atoms with Crippen molar-refractivity contribution in [2.24, 2.45) is 23.5 Å². The first kappa shape index (κ1) is 25.8. The molecular weight excluding hydrogens is 462 g/mol. The lowest BCUT2D eigenvalue weighted by Crippen LogP contribution is -2.43. The number of ether oxygens (including phenoxy) is 1. The zero-order valence-corrected chi connectivity index (χ0v) is 21.2. The van der Waals surface area contributed by atoms with Crippen LogP contribution < -0.4 is 10.5 Å². The summed E-state index contributed by atoms with van der Waals surface area (Å²) in [5, 5.41) is 41.2. The molecule has 4 atom stereocenters. The lowest BCUT2D eigenvalue weighted by Gasteiger charge is -2.42. The molecule has 1 amide bonds. The third-order valence-electron chi connectivity index (χ3n) is 8.07. The number of Topliss-reactive ketones (excluding diaryl/α,β-unsaturated/α-hetero) is 1. The second-order valence-electron chi connectivity index (χ2n) is 10.1. The molecule has 3 aliphatic carbocycles. The van der Waals surface area contributed by atoms with E-state index in [1.54, 1.807) is 13.2 Å². The molecule has 9 heteroatoms. The largest absolute Gasteiger partial charge is 0.511 e. The molecule has 0 saturated heterocycles. The van der Waals surface area contributed by atoms with Gasteiger partial charge in [-0.3, -0.25) is 14.5 Å². The molecular formula is C27H35N3O6. The number of primary amides is 1. The Morgan fingerprint density at radius 1 is 1.28 bits per heavy atom. The van der Waals surface area contributed by atoms with Crippen LogP contribution in [0.25, 0.3) is 0 Å². The maximum Gasteiger partial charge on any atom is 0.253 e. The number of phenolic OH excluding ortho intramolecular Hbond substituents is 1. The molecule has 1 aromatic rings. The van der Waals surface area contributed by atoms with Gasteiger partial charge in [0.2, 0.25) is 0 Å². The van der Waals surface area contributed by atoms with Crippen LogP contribution in [-0.2, 0) is 11.2 Å². The lowest BCUT2D eigenvalue weighted by atomic mass is 9.62. The van der Waals surface area contributed by atoms with E-state index in [2.05, 4.69) is 18.7 Å². The van der Waals surface area contributed by atoms with Gasteiger partial charge >= 0.3 is 0 Å². The zero-order chi connectivity index (χ0) is 26.5. The van der Waals surface area contributed by atoms with Crippen molar-refractivity contribution in [1.82, 2.24) is 4.90 Å². The molecule has 0 aromatic heterocycles. The number of carbonyl (C=O) groups excluding carboxylic acids is 2. The van der Waals surface area contributed by atoms with Gasteiger partial charge in [-0.1, -0.05) is 20.3 Å². The fourth-order valence-corrected chi connectivity index (χ4v) is 6.37. The second kappa shape index (κ2) is 9.61. The second-order valence-corrected chi connectivity index (χ2v) is 10.1. The van der Waals surface area contributed by atoms with Gasteiger partial charge < -0.3 is 31.2 Å². The average molecular weight is 498 g/mol. The van der Waals surface area contributed by atoms with Crippen LogP contribution in [0.1, 0.15) is 67.1 Å². The highest BCUT2D eigenvalue weighted by Crippen LogP contribution is 2.52. The lowest BCUT2D eigenvalue weighted by molar-refractivity contribution is -0.114. The van der Waals surface area contributed by atoms with E-state index in [1.807, 2.05) is 7.05 Å². The van der Waals surface area contributed by atoms with Gasteiger partial charge in [0.1, 0.15) is 23.0 Å². The van der Waals surface area contributed by atoms with Crippen molar-refractivity contribution in [3.05, 3.63) is 45.4 Å². The van der Waals surface area contributed by atoms with Crippen molar-refractivity contribution < 1.29 is 29.6 Å². The molecule has 194 valence electrons. The molecule has 6 N–H and O–H groups in total. The first-order valence-corrected chi connectivity index (χ1v) is 12.5. The first-order valence-electron chi connectivity index (χ1n) is 12.5. The Balaban J connectivity index is 1.85. The monoisotopic (exact) mass is 497 g/mol. The highest BCUT2D eigenvalue weighted by atomic mass is 16.5. The molecule has 0 heterocycles. The molecule has 0 radical (unpaired) electrons. The summed E-state index contributed by atoms with van der Waals surface area (Å²) in [5.41, 5.74) is 6.49. The first-order chi connectivity index (χ1) is 17.1. The maximum absolute atomic E-state index is 13.7. The molecule has 0 bridgehead atoms. The topological polar surface area (TPSA) is 157 Å². The Morgan fingerprint density at radius 2 is 1.97 bits per heavy atom. The molecule has 0 spiro atoms. The summed E-state index contributed by atoms with van der Waals surface area (Å²) in [7, 11) is 3.58. The van der Waals surface area contributed by atoms with E-state index in [0.717, 1.165) is 24.9 Å². The van der Waals surface area contributed by atoms with Gasteiger partial charge in [-0.05, 0) is 50.8 Å². The summed E-state index contributed by atoms with van der Waals surface area (Å²) < 4.78 is 5.86. The van der Waals surface area contributed by atoms with Crippen molar-refractivity contribution in [3.63, 3.8) is 0 Å². The van der Waals surface area contributed by atoms with E-state index < -0.39 is 17.6 Å². The molecule has 36 heavy (non-hydrogen) atoms. The summed E-state index contributed by atoms with van der Waals surface area (Å²) in [4.78, 5) is 27.8. The van der Waals surface area contributed by atoms with Crippen LogP contribution in [0.4, 0.5) is 0 Å². The smallest absolute Gasteiger partial charge is 0.253 e. The number of phenols is 1. The van der Waals surface area contributed by atoms with Crippen LogP contribution in [0.3, 0.4) is 0 Å². The molecule has 0 fully saturated rings. The Kier molecular flexibility index (Phi) is 6.88. The van der Waals surface area contributed by atoms with Gasteiger partial charge in [-0.25, -0.2) is 0 Å². The number of allylic oxidation sites excluding steroid dienone is 3. The van der Waals surface area contributed by atoms with Crippen LogP contribution in [0.2, 0.25) is 0 Å². The summed E-state index contributed by atoms with van der Waals surface area (Å²) in [5.74, 6) is -3.19. The van der Waals surface area contributed by atoms with Gasteiger partial charge in [-0.15, -0.1) is 0 Å². The third kappa shape index (κ3) is 3.86. The summed E-state index contributed by atoms with van der Waals surface area (Å²) in [6.45, 7) is 4.95. The number of methoxy groups -OCH3 is 1. The zero-order valence-electron chi connectivity index (χ0n) is 21.2. The quantitative estimate of drug-likeness (QED) is 0.384. The molecule has 0 saturated carbocycles. The molecule has 4 unspecified atom stereocenters. The van der Waals surface area contributed by atoms with Crippen LogP contribution in [-0.4, -0.2) is 58.3 Å². The van der Waals surface area contributed by atoms with Crippen molar-refractivity contribution in [2.75, 3.05) is 20.7 Å². The van der Waals surface area contributed by atoms with Crippen molar-refractivity contribution in [3.8, 4) is 11.5 Å². The molecule has 3 aliphatic rings. The molecule has 1 aromatic carbocycles. The maximum atomic E-state index is 13.7. The predicted molar refractivity (Wildman–Crippen MR) is 135 cm³/mol. The predicted octanol–water partition coefficient (Wildman–Crippen LogP) is 3.72. The van der Waals surface area contributed by atoms with Gasteiger partial charge in [-0.2, -0.15) is 0 Å². The van der Waals surface area contributed by atoms with Crippen LogP contribution >= 0.6 is 0 Å². The van der Waals surface area contributed by atoms with E-state index in [0.29, 0.717) is 24.2 Å². The number of nitrogens with two attached hydrogens (primary N) is 1. The van der Waals surface area contributed by atoms with E-state index in [-0.39, 0.29) is 64.0 Å². The van der Waals surface area contributed by atoms with Crippen LogP contribution in [0, 0.1) is 23.2 Å². The minimum absolute atomic E-state index is 0.00421. The molecule has 9 nitrogen and oxygen atoms in total. The molecule has 0 aliphatic heterocycles.